The van der Waals surface area contributed by atoms with Gasteiger partial charge < -0.3 is 10.3 Å². The molecule has 0 amide bonds. The maximum Gasteiger partial charge on any atom is 0.182 e. The lowest BCUT2D eigenvalue weighted by Crippen LogP contribution is -2.12. The van der Waals surface area contributed by atoms with Crippen LogP contribution in [0.1, 0.15) is 15.9 Å². The Hall–Kier alpha value is -3.80. The molecular formula is C22H17FN4O. The summed E-state index contributed by atoms with van der Waals surface area (Å²) in [5.74, 6) is -0.369. The standard InChI is InChI=1S/C22H17FN4O/c23-18-8-5-15(6-9-18)14-1-3-16(4-2-14)21(28)12-27-13-26-19-10-7-17(22(24)25)11-20(19)27/h1-11,13H,12H2,(H3,24,25). The highest BCUT2D eigenvalue weighted by Crippen LogP contribution is 2.21. The number of hydrogen-bond donors (Lipinski definition) is 2. The van der Waals surface area contributed by atoms with Gasteiger partial charge in [0.2, 0.25) is 0 Å². The van der Waals surface area contributed by atoms with E-state index in [9.17, 15) is 9.18 Å². The third kappa shape index (κ3) is 3.40. The molecule has 5 nitrogen and oxygen atoms in total. The largest absolute Gasteiger partial charge is 0.384 e. The number of nitrogens with two attached hydrogens (primary N) is 1. The number of halogens is 1. The molecule has 0 bridgehead atoms. The summed E-state index contributed by atoms with van der Waals surface area (Å²) < 4.78 is 14.8. The van der Waals surface area contributed by atoms with Crippen LogP contribution in [0.15, 0.2) is 73.1 Å². The van der Waals surface area contributed by atoms with Crippen molar-refractivity contribution in [2.75, 3.05) is 0 Å². The maximum absolute atomic E-state index is 13.1. The number of ketones is 1. The minimum absolute atomic E-state index is 0.0302. The number of aromatic nitrogens is 2. The fraction of sp³-hybridized carbons (Fsp3) is 0.0455. The molecule has 138 valence electrons. The highest BCUT2D eigenvalue weighted by atomic mass is 19.1. The predicted molar refractivity (Wildman–Crippen MR) is 107 cm³/mol. The van der Waals surface area contributed by atoms with Crippen LogP contribution in [0.4, 0.5) is 4.39 Å². The van der Waals surface area contributed by atoms with Gasteiger partial charge in [-0.1, -0.05) is 36.4 Å². The first-order valence-electron chi connectivity index (χ1n) is 8.70. The molecule has 3 aromatic carbocycles. The lowest BCUT2D eigenvalue weighted by atomic mass is 10.0. The van der Waals surface area contributed by atoms with Crippen LogP contribution in [-0.2, 0) is 6.54 Å². The molecule has 28 heavy (non-hydrogen) atoms. The number of nitrogens with zero attached hydrogens (tertiary/aromatic N) is 2. The Morgan fingerprint density at radius 2 is 1.57 bits per heavy atom. The van der Waals surface area contributed by atoms with Crippen molar-refractivity contribution in [1.82, 2.24) is 9.55 Å². The predicted octanol–water partition coefficient (Wildman–Crippen LogP) is 4.01. The highest BCUT2D eigenvalue weighted by Gasteiger charge is 2.11. The summed E-state index contributed by atoms with van der Waals surface area (Å²) in [6.07, 6.45) is 1.61. The maximum atomic E-state index is 13.1. The van der Waals surface area contributed by atoms with Gasteiger partial charge in [0.05, 0.1) is 23.9 Å². The quantitative estimate of drug-likeness (QED) is 0.315. The Morgan fingerprint density at radius 3 is 2.21 bits per heavy atom. The SMILES string of the molecule is N=C(N)c1ccc2ncn(CC(=O)c3ccc(-c4ccc(F)cc4)cc3)c2c1. The summed E-state index contributed by atoms with van der Waals surface area (Å²) in [6, 6.07) is 18.7. The van der Waals surface area contributed by atoms with Gasteiger partial charge in [0, 0.05) is 11.1 Å². The highest BCUT2D eigenvalue weighted by molar-refractivity contribution is 5.99. The molecule has 0 spiro atoms. The number of rotatable bonds is 5. The van der Waals surface area contributed by atoms with Gasteiger partial charge in [-0.05, 0) is 41.5 Å². The summed E-state index contributed by atoms with van der Waals surface area (Å²) in [4.78, 5) is 17.0. The van der Waals surface area contributed by atoms with Crippen molar-refractivity contribution in [2.24, 2.45) is 5.73 Å². The van der Waals surface area contributed by atoms with Crippen LogP contribution in [0.3, 0.4) is 0 Å². The molecule has 0 aliphatic heterocycles. The van der Waals surface area contributed by atoms with Gasteiger partial charge in [0.15, 0.2) is 5.78 Å². The van der Waals surface area contributed by atoms with Gasteiger partial charge in [-0.3, -0.25) is 10.2 Å². The molecule has 1 heterocycles. The summed E-state index contributed by atoms with van der Waals surface area (Å²) >= 11 is 0. The van der Waals surface area contributed by atoms with Crippen LogP contribution >= 0.6 is 0 Å². The summed E-state index contributed by atoms with van der Waals surface area (Å²) in [7, 11) is 0. The lowest BCUT2D eigenvalue weighted by Gasteiger charge is -2.07. The van der Waals surface area contributed by atoms with Gasteiger partial charge in [-0.25, -0.2) is 9.37 Å². The Kier molecular flexibility index (Phi) is 4.45. The number of benzene rings is 3. The monoisotopic (exact) mass is 372 g/mol. The Labute approximate surface area is 160 Å². The lowest BCUT2D eigenvalue weighted by molar-refractivity contribution is 0.0973. The average Bonchev–Trinajstić information content (AvgIpc) is 3.10. The number of Topliss-reactive ketones (excluding diaryl/α,β-unsaturated/α-hetero) is 1. The molecule has 6 heteroatoms. The first kappa shape index (κ1) is 17.6. The minimum atomic E-state index is -0.281. The van der Waals surface area contributed by atoms with Crippen molar-refractivity contribution in [3.8, 4) is 11.1 Å². The second kappa shape index (κ2) is 7.08. The van der Waals surface area contributed by atoms with Crippen LogP contribution in [0.25, 0.3) is 22.2 Å². The number of fused-ring (bicyclic) bond motifs is 1. The molecule has 0 aliphatic rings. The van der Waals surface area contributed by atoms with E-state index in [0.29, 0.717) is 11.1 Å². The van der Waals surface area contributed by atoms with E-state index in [2.05, 4.69) is 4.98 Å². The van der Waals surface area contributed by atoms with Gasteiger partial charge in [-0.15, -0.1) is 0 Å². The minimum Gasteiger partial charge on any atom is -0.384 e. The number of nitrogen functional groups attached to an aromatic ring is 1. The zero-order valence-electron chi connectivity index (χ0n) is 14.9. The molecule has 3 N–H and O–H groups in total. The molecule has 0 unspecified atom stereocenters. The molecule has 0 aliphatic carbocycles. The Bertz CT molecular complexity index is 1180. The molecule has 0 radical (unpaired) electrons. The first-order valence-corrected chi connectivity index (χ1v) is 8.70. The smallest absolute Gasteiger partial charge is 0.182 e. The van der Waals surface area contributed by atoms with Crippen LogP contribution in [0.2, 0.25) is 0 Å². The Balaban J connectivity index is 1.57. The number of carbonyl (C=O) groups is 1. The van der Waals surface area contributed by atoms with E-state index in [1.807, 2.05) is 12.1 Å². The van der Waals surface area contributed by atoms with Crippen molar-refractivity contribution in [3.63, 3.8) is 0 Å². The average molecular weight is 372 g/mol. The van der Waals surface area contributed by atoms with Crippen molar-refractivity contribution < 1.29 is 9.18 Å². The van der Waals surface area contributed by atoms with Crippen LogP contribution in [0, 0.1) is 11.2 Å². The van der Waals surface area contributed by atoms with Gasteiger partial charge >= 0.3 is 0 Å². The molecule has 4 aromatic rings. The molecule has 0 saturated carbocycles. The normalized spacial score (nSPS) is 10.9. The molecule has 0 saturated heterocycles. The Morgan fingerprint density at radius 1 is 0.964 bits per heavy atom. The third-order valence-corrected chi connectivity index (χ3v) is 4.63. The second-order valence-corrected chi connectivity index (χ2v) is 6.50. The number of carbonyl (C=O) groups excluding carboxylic acids is 1. The molecule has 0 fully saturated rings. The zero-order valence-corrected chi connectivity index (χ0v) is 14.9. The van der Waals surface area contributed by atoms with Crippen molar-refractivity contribution in [3.05, 3.63) is 90.0 Å². The zero-order chi connectivity index (χ0) is 19.7. The van der Waals surface area contributed by atoms with E-state index >= 15 is 0 Å². The second-order valence-electron chi connectivity index (χ2n) is 6.50. The number of imidazole rings is 1. The van der Waals surface area contributed by atoms with E-state index in [-0.39, 0.29) is 24.0 Å². The van der Waals surface area contributed by atoms with Gasteiger partial charge in [-0.2, -0.15) is 0 Å². The number of hydrogen-bond acceptors (Lipinski definition) is 3. The van der Waals surface area contributed by atoms with E-state index in [1.54, 1.807) is 53.4 Å². The number of nitrogens with one attached hydrogen (secondary N) is 1. The molecule has 4 rings (SSSR count). The molecule has 1 aromatic heterocycles. The summed E-state index contributed by atoms with van der Waals surface area (Å²) in [6.45, 7) is 0.133. The third-order valence-electron chi connectivity index (χ3n) is 4.63. The summed E-state index contributed by atoms with van der Waals surface area (Å²) in [5.41, 5.74) is 10.0. The topological polar surface area (TPSA) is 84.8 Å². The van der Waals surface area contributed by atoms with Crippen LogP contribution in [-0.4, -0.2) is 21.2 Å². The van der Waals surface area contributed by atoms with Crippen molar-refractivity contribution >= 4 is 22.7 Å². The molecule has 0 atom stereocenters. The van der Waals surface area contributed by atoms with Gasteiger partial charge in [0.1, 0.15) is 11.7 Å². The van der Waals surface area contributed by atoms with E-state index < -0.39 is 0 Å². The van der Waals surface area contributed by atoms with Gasteiger partial charge in [0.25, 0.3) is 0 Å². The fourth-order valence-corrected chi connectivity index (χ4v) is 3.09. The summed E-state index contributed by atoms with van der Waals surface area (Å²) in [5, 5.41) is 7.57. The van der Waals surface area contributed by atoms with E-state index in [4.69, 9.17) is 11.1 Å². The van der Waals surface area contributed by atoms with E-state index in [0.717, 1.165) is 22.2 Å². The fourth-order valence-electron chi connectivity index (χ4n) is 3.09. The van der Waals surface area contributed by atoms with Crippen LogP contribution in [0.5, 0.6) is 0 Å². The van der Waals surface area contributed by atoms with Crippen molar-refractivity contribution in [1.29, 1.82) is 5.41 Å². The molecular weight excluding hydrogens is 355 g/mol. The van der Waals surface area contributed by atoms with E-state index in [1.165, 1.54) is 12.1 Å². The number of amidine groups is 1. The van der Waals surface area contributed by atoms with Crippen molar-refractivity contribution in [2.45, 2.75) is 6.54 Å². The van der Waals surface area contributed by atoms with Crippen LogP contribution < -0.4 is 5.73 Å². The first-order chi connectivity index (χ1) is 13.5.